The van der Waals surface area contributed by atoms with Crippen LogP contribution in [0, 0.1) is 11.7 Å². The first kappa shape index (κ1) is 13.9. The Morgan fingerprint density at radius 1 is 1.35 bits per heavy atom. The number of hydrogen-bond donors (Lipinski definition) is 1. The number of nitrogen functional groups attached to an aromatic ring is 1. The van der Waals surface area contributed by atoms with E-state index in [0.29, 0.717) is 17.3 Å². The van der Waals surface area contributed by atoms with Crippen molar-refractivity contribution in [3.63, 3.8) is 0 Å². The van der Waals surface area contributed by atoms with E-state index in [9.17, 15) is 9.18 Å². The predicted octanol–water partition coefficient (Wildman–Crippen LogP) is 1.77. The molecular formula is C16H16FN5O. The molecule has 2 aromatic heterocycles. The van der Waals surface area contributed by atoms with Gasteiger partial charge in [0.05, 0.1) is 30.1 Å². The van der Waals surface area contributed by atoms with Crippen LogP contribution in [-0.4, -0.2) is 19.1 Å². The number of rotatable bonds is 4. The van der Waals surface area contributed by atoms with Crippen LogP contribution >= 0.6 is 0 Å². The maximum Gasteiger partial charge on any atom is 0.276 e. The highest BCUT2D eigenvalue weighted by molar-refractivity contribution is 5.76. The third kappa shape index (κ3) is 2.58. The number of anilines is 1. The van der Waals surface area contributed by atoms with Gasteiger partial charge in [-0.25, -0.2) is 14.4 Å². The summed E-state index contributed by atoms with van der Waals surface area (Å²) in [6.07, 6.45) is 5.17. The van der Waals surface area contributed by atoms with E-state index in [0.717, 1.165) is 12.1 Å². The van der Waals surface area contributed by atoms with Crippen molar-refractivity contribution in [1.29, 1.82) is 0 Å². The molecule has 1 aliphatic carbocycles. The van der Waals surface area contributed by atoms with Crippen LogP contribution in [0.2, 0.25) is 0 Å². The molecule has 0 amide bonds. The first-order valence-electron chi connectivity index (χ1n) is 7.56. The van der Waals surface area contributed by atoms with Gasteiger partial charge in [0, 0.05) is 12.6 Å². The largest absolute Gasteiger partial charge is 0.393 e. The summed E-state index contributed by atoms with van der Waals surface area (Å²) >= 11 is 0. The average Bonchev–Trinajstić information content (AvgIpc) is 3.27. The second-order valence-corrected chi connectivity index (χ2v) is 6.00. The van der Waals surface area contributed by atoms with Crippen molar-refractivity contribution in [2.24, 2.45) is 5.92 Å². The minimum Gasteiger partial charge on any atom is -0.393 e. The van der Waals surface area contributed by atoms with E-state index in [1.54, 1.807) is 6.07 Å². The van der Waals surface area contributed by atoms with Crippen molar-refractivity contribution < 1.29 is 4.39 Å². The molecule has 7 heteroatoms. The minimum atomic E-state index is -0.317. The quantitative estimate of drug-likeness (QED) is 0.796. The van der Waals surface area contributed by atoms with Crippen molar-refractivity contribution in [2.45, 2.75) is 25.9 Å². The maximum absolute atomic E-state index is 13.5. The first-order valence-corrected chi connectivity index (χ1v) is 7.56. The van der Waals surface area contributed by atoms with Crippen molar-refractivity contribution in [3.05, 3.63) is 52.7 Å². The Morgan fingerprint density at radius 2 is 2.17 bits per heavy atom. The Morgan fingerprint density at radius 3 is 2.96 bits per heavy atom. The van der Waals surface area contributed by atoms with Crippen LogP contribution in [-0.2, 0) is 13.1 Å². The molecular weight excluding hydrogens is 297 g/mol. The van der Waals surface area contributed by atoms with Crippen LogP contribution in [0.3, 0.4) is 0 Å². The fourth-order valence-electron chi connectivity index (χ4n) is 2.77. The zero-order chi connectivity index (χ0) is 16.0. The average molecular weight is 313 g/mol. The van der Waals surface area contributed by atoms with Crippen LogP contribution in [0.1, 0.15) is 18.7 Å². The van der Waals surface area contributed by atoms with Gasteiger partial charge in [0.25, 0.3) is 5.56 Å². The normalized spacial score (nSPS) is 14.5. The molecule has 118 valence electrons. The van der Waals surface area contributed by atoms with Crippen LogP contribution in [0.4, 0.5) is 10.1 Å². The zero-order valence-electron chi connectivity index (χ0n) is 12.4. The summed E-state index contributed by atoms with van der Waals surface area (Å²) in [5, 5.41) is 0. The number of imidazole rings is 1. The molecule has 1 aromatic carbocycles. The maximum atomic E-state index is 13.5. The Balaban J connectivity index is 1.81. The monoisotopic (exact) mass is 313 g/mol. The van der Waals surface area contributed by atoms with Crippen LogP contribution in [0.25, 0.3) is 11.0 Å². The van der Waals surface area contributed by atoms with Crippen molar-refractivity contribution in [3.8, 4) is 0 Å². The molecule has 2 heterocycles. The molecule has 0 saturated heterocycles. The Bertz CT molecular complexity index is 941. The minimum absolute atomic E-state index is 0.100. The zero-order valence-corrected chi connectivity index (χ0v) is 12.4. The van der Waals surface area contributed by atoms with Crippen molar-refractivity contribution in [1.82, 2.24) is 19.1 Å². The van der Waals surface area contributed by atoms with Gasteiger partial charge in [0.2, 0.25) is 0 Å². The van der Waals surface area contributed by atoms with E-state index in [-0.39, 0.29) is 23.6 Å². The number of aromatic nitrogens is 4. The lowest BCUT2D eigenvalue weighted by Crippen LogP contribution is -2.25. The molecule has 1 fully saturated rings. The lowest BCUT2D eigenvalue weighted by molar-refractivity contribution is 0.584. The van der Waals surface area contributed by atoms with Gasteiger partial charge in [-0.2, -0.15) is 0 Å². The molecule has 1 aliphatic rings. The Kier molecular flexibility index (Phi) is 3.14. The first-order chi connectivity index (χ1) is 11.1. The molecule has 23 heavy (non-hydrogen) atoms. The predicted molar refractivity (Wildman–Crippen MR) is 84.4 cm³/mol. The Hall–Kier alpha value is -2.70. The number of fused-ring (bicyclic) bond motifs is 1. The molecule has 1 saturated carbocycles. The van der Waals surface area contributed by atoms with Gasteiger partial charge in [0.15, 0.2) is 0 Å². The molecule has 0 spiro atoms. The summed E-state index contributed by atoms with van der Waals surface area (Å²) < 4.78 is 17.0. The fraction of sp³-hybridized carbons (Fsp3) is 0.312. The topological polar surface area (TPSA) is 78.7 Å². The number of hydrogen-bond acceptors (Lipinski definition) is 4. The van der Waals surface area contributed by atoms with Crippen LogP contribution in [0.15, 0.2) is 35.5 Å². The van der Waals surface area contributed by atoms with Gasteiger partial charge in [-0.1, -0.05) is 0 Å². The molecule has 0 aliphatic heterocycles. The summed E-state index contributed by atoms with van der Waals surface area (Å²) in [7, 11) is 0. The number of nitrogens with two attached hydrogens (primary N) is 1. The molecule has 0 bridgehead atoms. The molecule has 2 N–H and O–H groups in total. The highest BCUT2D eigenvalue weighted by Gasteiger charge is 2.24. The van der Waals surface area contributed by atoms with E-state index >= 15 is 0 Å². The molecule has 0 radical (unpaired) electrons. The lowest BCUT2D eigenvalue weighted by Gasteiger charge is -2.10. The standard InChI is InChI=1S/C16H16FN5O/c17-11-3-4-14-13(5-11)20-15(22(14)7-10-1-2-10)8-21-9-19-6-12(18)16(21)23/h3-6,9-10H,1-2,7-8,18H2. The fourth-order valence-corrected chi connectivity index (χ4v) is 2.77. The Labute approximate surface area is 131 Å². The number of nitrogens with zero attached hydrogens (tertiary/aromatic N) is 4. The van der Waals surface area contributed by atoms with Gasteiger partial charge in [-0.3, -0.25) is 9.36 Å². The lowest BCUT2D eigenvalue weighted by atomic mass is 10.3. The molecule has 0 atom stereocenters. The summed E-state index contributed by atoms with van der Waals surface area (Å²) in [6, 6.07) is 4.60. The molecule has 4 rings (SSSR count). The van der Waals surface area contributed by atoms with Gasteiger partial charge in [-0.05, 0) is 30.9 Å². The van der Waals surface area contributed by atoms with E-state index in [1.165, 1.54) is 42.1 Å². The van der Waals surface area contributed by atoms with Gasteiger partial charge < -0.3 is 10.3 Å². The highest BCUT2D eigenvalue weighted by atomic mass is 19.1. The second kappa shape index (κ2) is 5.19. The second-order valence-electron chi connectivity index (χ2n) is 6.00. The van der Waals surface area contributed by atoms with Gasteiger partial charge >= 0.3 is 0 Å². The van der Waals surface area contributed by atoms with E-state index < -0.39 is 0 Å². The van der Waals surface area contributed by atoms with Crippen LogP contribution in [0.5, 0.6) is 0 Å². The van der Waals surface area contributed by atoms with Crippen LogP contribution < -0.4 is 11.3 Å². The number of halogens is 1. The third-order valence-electron chi connectivity index (χ3n) is 4.17. The van der Waals surface area contributed by atoms with Gasteiger partial charge in [0.1, 0.15) is 17.3 Å². The van der Waals surface area contributed by atoms with Crippen molar-refractivity contribution >= 4 is 16.7 Å². The van der Waals surface area contributed by atoms with E-state index in [2.05, 4.69) is 14.5 Å². The summed E-state index contributed by atoms with van der Waals surface area (Å²) in [5.74, 6) is 1.03. The van der Waals surface area contributed by atoms with Crippen molar-refractivity contribution in [2.75, 3.05) is 5.73 Å². The molecule has 0 unspecified atom stereocenters. The summed E-state index contributed by atoms with van der Waals surface area (Å²) in [4.78, 5) is 20.6. The summed E-state index contributed by atoms with van der Waals surface area (Å²) in [6.45, 7) is 1.10. The third-order valence-corrected chi connectivity index (χ3v) is 4.17. The van der Waals surface area contributed by atoms with E-state index in [1.807, 2.05) is 0 Å². The van der Waals surface area contributed by atoms with Gasteiger partial charge in [-0.15, -0.1) is 0 Å². The molecule has 6 nitrogen and oxygen atoms in total. The summed E-state index contributed by atoms with van der Waals surface area (Å²) in [5.41, 5.74) is 6.92. The highest BCUT2D eigenvalue weighted by Crippen LogP contribution is 2.32. The van der Waals surface area contributed by atoms with E-state index in [4.69, 9.17) is 5.73 Å². The number of benzene rings is 1. The SMILES string of the molecule is Nc1cncn(Cc2nc3cc(F)ccc3n2CC2CC2)c1=O. The smallest absolute Gasteiger partial charge is 0.276 e. The molecule has 3 aromatic rings.